The lowest BCUT2D eigenvalue weighted by Gasteiger charge is -2.14. The van der Waals surface area contributed by atoms with Gasteiger partial charge in [-0.1, -0.05) is 32.0 Å². The zero-order valence-electron chi connectivity index (χ0n) is 11.8. The maximum absolute atomic E-state index is 12.1. The monoisotopic (exact) mass is 289 g/mol. The minimum atomic E-state index is -0.0501. The Morgan fingerprint density at radius 3 is 2.45 bits per heavy atom. The van der Waals surface area contributed by atoms with Gasteiger partial charge in [0.1, 0.15) is 0 Å². The number of aromatic nitrogens is 1. The first kappa shape index (κ1) is 14.5. The van der Waals surface area contributed by atoms with Gasteiger partial charge < -0.3 is 11.1 Å². The molecule has 1 aromatic heterocycles. The largest absolute Gasteiger partial charge is 0.375 e. The van der Waals surface area contributed by atoms with Crippen LogP contribution in [0, 0.1) is 0 Å². The molecule has 0 atom stereocenters. The lowest BCUT2D eigenvalue weighted by atomic mass is 10.0. The first-order valence-corrected chi connectivity index (χ1v) is 7.62. The van der Waals surface area contributed by atoms with E-state index in [0.29, 0.717) is 5.13 Å². The van der Waals surface area contributed by atoms with Crippen LogP contribution in [0.25, 0.3) is 0 Å². The van der Waals surface area contributed by atoms with Crippen molar-refractivity contribution in [1.82, 2.24) is 4.98 Å². The average Bonchev–Trinajstić information content (AvgIpc) is 2.84. The number of benzene rings is 1. The van der Waals surface area contributed by atoms with Crippen molar-refractivity contribution in [2.75, 3.05) is 11.1 Å². The van der Waals surface area contributed by atoms with Crippen LogP contribution < -0.4 is 11.1 Å². The molecule has 5 heteroatoms. The number of amides is 1. The Kier molecular flexibility index (Phi) is 4.74. The van der Waals surface area contributed by atoms with E-state index in [0.717, 1.165) is 35.3 Å². The van der Waals surface area contributed by atoms with Crippen LogP contribution in [0.4, 0.5) is 10.8 Å². The molecule has 0 aliphatic carbocycles. The quantitative estimate of drug-likeness (QED) is 0.889. The van der Waals surface area contributed by atoms with E-state index >= 15 is 0 Å². The number of rotatable bonds is 5. The standard InChI is InChI=1S/C15H19N3OS/c1-3-10-6-5-7-11(4-2)14(10)18-13(19)8-12-9-20-15(16)17-12/h5-7,9H,3-4,8H2,1-2H3,(H2,16,17)(H,18,19). The Morgan fingerprint density at radius 1 is 1.30 bits per heavy atom. The zero-order chi connectivity index (χ0) is 14.5. The first-order valence-electron chi connectivity index (χ1n) is 6.74. The predicted molar refractivity (Wildman–Crippen MR) is 84.1 cm³/mol. The molecule has 106 valence electrons. The van der Waals surface area contributed by atoms with Gasteiger partial charge in [-0.05, 0) is 24.0 Å². The molecule has 0 saturated carbocycles. The van der Waals surface area contributed by atoms with Crippen LogP contribution >= 0.6 is 11.3 Å². The van der Waals surface area contributed by atoms with E-state index in [9.17, 15) is 4.79 Å². The number of anilines is 2. The highest BCUT2D eigenvalue weighted by atomic mass is 32.1. The van der Waals surface area contributed by atoms with Crippen LogP contribution in [0.5, 0.6) is 0 Å². The molecule has 1 amide bonds. The van der Waals surface area contributed by atoms with E-state index in [1.165, 1.54) is 11.3 Å². The Bertz CT molecular complexity index is 585. The van der Waals surface area contributed by atoms with Crippen molar-refractivity contribution in [3.63, 3.8) is 0 Å². The predicted octanol–water partition coefficient (Wildman–Crippen LogP) is 3.03. The summed E-state index contributed by atoms with van der Waals surface area (Å²) >= 11 is 1.35. The van der Waals surface area contributed by atoms with Crippen molar-refractivity contribution >= 4 is 28.1 Å². The Labute approximate surface area is 123 Å². The number of nitrogens with two attached hydrogens (primary N) is 1. The summed E-state index contributed by atoms with van der Waals surface area (Å²) in [7, 11) is 0. The van der Waals surface area contributed by atoms with E-state index in [-0.39, 0.29) is 12.3 Å². The molecule has 4 nitrogen and oxygen atoms in total. The van der Waals surface area contributed by atoms with Gasteiger partial charge in [0.05, 0.1) is 12.1 Å². The minimum Gasteiger partial charge on any atom is -0.375 e. The van der Waals surface area contributed by atoms with Gasteiger partial charge in [0.2, 0.25) is 5.91 Å². The highest BCUT2D eigenvalue weighted by molar-refractivity contribution is 7.13. The molecule has 20 heavy (non-hydrogen) atoms. The lowest BCUT2D eigenvalue weighted by Crippen LogP contribution is -2.17. The number of nitrogens with zero attached hydrogens (tertiary/aromatic N) is 1. The highest BCUT2D eigenvalue weighted by Gasteiger charge is 2.11. The molecular formula is C15H19N3OS. The van der Waals surface area contributed by atoms with Crippen LogP contribution in [0.15, 0.2) is 23.6 Å². The molecule has 3 N–H and O–H groups in total. The van der Waals surface area contributed by atoms with Crippen LogP contribution in [0.1, 0.15) is 30.7 Å². The summed E-state index contributed by atoms with van der Waals surface area (Å²) in [4.78, 5) is 16.3. The number of carbonyl (C=O) groups excluding carboxylic acids is 1. The summed E-state index contributed by atoms with van der Waals surface area (Å²) in [6, 6.07) is 6.14. The van der Waals surface area contributed by atoms with Gasteiger partial charge in [0, 0.05) is 11.1 Å². The summed E-state index contributed by atoms with van der Waals surface area (Å²) in [6.07, 6.45) is 2.05. The average molecular weight is 289 g/mol. The maximum atomic E-state index is 12.1. The highest BCUT2D eigenvalue weighted by Crippen LogP contribution is 2.23. The number of carbonyl (C=O) groups is 1. The van der Waals surface area contributed by atoms with Gasteiger partial charge in [0.15, 0.2) is 5.13 Å². The second-order valence-corrected chi connectivity index (χ2v) is 5.45. The Balaban J connectivity index is 2.14. The number of aryl methyl sites for hydroxylation is 2. The summed E-state index contributed by atoms with van der Waals surface area (Å²) < 4.78 is 0. The van der Waals surface area contributed by atoms with Gasteiger partial charge in [-0.15, -0.1) is 11.3 Å². The van der Waals surface area contributed by atoms with E-state index < -0.39 is 0 Å². The van der Waals surface area contributed by atoms with E-state index in [4.69, 9.17) is 5.73 Å². The lowest BCUT2D eigenvalue weighted by molar-refractivity contribution is -0.115. The fourth-order valence-electron chi connectivity index (χ4n) is 2.16. The summed E-state index contributed by atoms with van der Waals surface area (Å²) in [5, 5.41) is 5.34. The van der Waals surface area contributed by atoms with Crippen molar-refractivity contribution in [2.24, 2.45) is 0 Å². The van der Waals surface area contributed by atoms with E-state index in [2.05, 4.69) is 36.3 Å². The van der Waals surface area contributed by atoms with Crippen LogP contribution in [0.3, 0.4) is 0 Å². The molecule has 0 spiro atoms. The zero-order valence-corrected chi connectivity index (χ0v) is 12.6. The number of hydrogen-bond donors (Lipinski definition) is 2. The first-order chi connectivity index (χ1) is 9.63. The smallest absolute Gasteiger partial charge is 0.230 e. The normalized spacial score (nSPS) is 10.5. The third-order valence-corrected chi connectivity index (χ3v) is 3.90. The van der Waals surface area contributed by atoms with E-state index in [1.54, 1.807) is 0 Å². The van der Waals surface area contributed by atoms with Gasteiger partial charge in [-0.3, -0.25) is 4.79 Å². The maximum Gasteiger partial charge on any atom is 0.230 e. The number of thiazole rings is 1. The van der Waals surface area contributed by atoms with Crippen molar-refractivity contribution in [3.05, 3.63) is 40.4 Å². The molecule has 2 rings (SSSR count). The molecule has 0 unspecified atom stereocenters. The minimum absolute atomic E-state index is 0.0501. The second-order valence-electron chi connectivity index (χ2n) is 4.56. The van der Waals surface area contributed by atoms with Crippen molar-refractivity contribution in [2.45, 2.75) is 33.1 Å². The van der Waals surface area contributed by atoms with Crippen LogP contribution in [-0.2, 0) is 24.1 Å². The number of nitrogen functional groups attached to an aromatic ring is 1. The second kappa shape index (κ2) is 6.52. The molecule has 2 aromatic rings. The van der Waals surface area contributed by atoms with Crippen LogP contribution in [-0.4, -0.2) is 10.9 Å². The number of para-hydroxylation sites is 1. The van der Waals surface area contributed by atoms with Crippen molar-refractivity contribution in [3.8, 4) is 0 Å². The summed E-state index contributed by atoms with van der Waals surface area (Å²) in [5.41, 5.74) is 9.57. The fraction of sp³-hybridized carbons (Fsp3) is 0.333. The van der Waals surface area contributed by atoms with Gasteiger partial charge in [-0.2, -0.15) is 0 Å². The molecule has 0 bridgehead atoms. The Hall–Kier alpha value is -1.88. The van der Waals surface area contributed by atoms with Gasteiger partial charge in [-0.25, -0.2) is 4.98 Å². The van der Waals surface area contributed by atoms with Crippen molar-refractivity contribution in [1.29, 1.82) is 0 Å². The number of nitrogens with one attached hydrogen (secondary N) is 1. The van der Waals surface area contributed by atoms with Crippen molar-refractivity contribution < 1.29 is 4.79 Å². The topological polar surface area (TPSA) is 68.0 Å². The molecular weight excluding hydrogens is 270 g/mol. The third kappa shape index (κ3) is 3.36. The molecule has 0 fully saturated rings. The number of hydrogen-bond acceptors (Lipinski definition) is 4. The third-order valence-electron chi connectivity index (χ3n) is 3.17. The molecule has 0 aliphatic rings. The van der Waals surface area contributed by atoms with Gasteiger partial charge >= 0.3 is 0 Å². The SMILES string of the molecule is CCc1cccc(CC)c1NC(=O)Cc1csc(N)n1. The molecule has 0 saturated heterocycles. The van der Waals surface area contributed by atoms with Crippen LogP contribution in [0.2, 0.25) is 0 Å². The Morgan fingerprint density at radius 2 is 1.95 bits per heavy atom. The summed E-state index contributed by atoms with van der Waals surface area (Å²) in [5.74, 6) is -0.0501. The molecule has 0 radical (unpaired) electrons. The van der Waals surface area contributed by atoms with E-state index in [1.807, 2.05) is 11.4 Å². The molecule has 1 heterocycles. The van der Waals surface area contributed by atoms with Gasteiger partial charge in [0.25, 0.3) is 0 Å². The fourth-order valence-corrected chi connectivity index (χ4v) is 2.72. The summed E-state index contributed by atoms with van der Waals surface area (Å²) in [6.45, 7) is 4.18. The molecule has 0 aliphatic heterocycles. The molecule has 1 aromatic carbocycles.